The van der Waals surface area contributed by atoms with Crippen LogP contribution in [0.25, 0.3) is 0 Å². The molecule has 1 fully saturated rings. The Balaban J connectivity index is 1.67. The van der Waals surface area contributed by atoms with Crippen LogP contribution in [0.1, 0.15) is 84.0 Å². The number of anilines is 1. The molecule has 0 bridgehead atoms. The maximum atomic E-state index is 13.7. The number of carbonyl (C=O) groups is 2. The van der Waals surface area contributed by atoms with Gasteiger partial charge in [-0.1, -0.05) is 49.5 Å². The first-order chi connectivity index (χ1) is 15.2. The Kier molecular flexibility index (Phi) is 7.11. The molecule has 1 aliphatic carbocycles. The van der Waals surface area contributed by atoms with Crippen LogP contribution in [-0.2, 0) is 12.8 Å². The number of halogens is 1. The van der Waals surface area contributed by atoms with Gasteiger partial charge >= 0.3 is 0 Å². The highest BCUT2D eigenvalue weighted by atomic mass is 79.9. The van der Waals surface area contributed by atoms with E-state index in [0.717, 1.165) is 60.2 Å². The fourth-order valence-electron chi connectivity index (χ4n) is 4.85. The van der Waals surface area contributed by atoms with Crippen molar-refractivity contribution in [3.05, 3.63) is 50.3 Å². The fraction of sp³-hybridized carbons (Fsp3) is 0.538. The number of rotatable bonds is 3. The van der Waals surface area contributed by atoms with Crippen molar-refractivity contribution in [1.82, 2.24) is 4.90 Å². The standard InChI is InChI=1S/C26H33BrN2O2S/c1-26(2,3)18-10-13-20-21(16-18)32-24(28-23(30)17-8-11-19(27)12-9-17)22(20)25(31)29-14-6-4-5-7-15-29/h8-9,11-12,18H,4-7,10,13-16H2,1-3H3,(H,28,30). The van der Waals surface area contributed by atoms with Crippen molar-refractivity contribution in [2.45, 2.75) is 65.7 Å². The highest BCUT2D eigenvalue weighted by Crippen LogP contribution is 2.45. The summed E-state index contributed by atoms with van der Waals surface area (Å²) < 4.78 is 0.936. The first kappa shape index (κ1) is 23.5. The second-order valence-corrected chi connectivity index (χ2v) is 12.2. The van der Waals surface area contributed by atoms with Crippen LogP contribution in [0, 0.1) is 11.3 Å². The smallest absolute Gasteiger partial charge is 0.257 e. The van der Waals surface area contributed by atoms with Gasteiger partial charge in [0.1, 0.15) is 5.00 Å². The molecule has 1 aromatic heterocycles. The van der Waals surface area contributed by atoms with E-state index in [9.17, 15) is 9.59 Å². The largest absolute Gasteiger partial charge is 0.339 e. The Morgan fingerprint density at radius 3 is 2.34 bits per heavy atom. The van der Waals surface area contributed by atoms with Gasteiger partial charge in [0.15, 0.2) is 0 Å². The summed E-state index contributed by atoms with van der Waals surface area (Å²) in [5, 5.41) is 3.84. The molecule has 1 N–H and O–H groups in total. The van der Waals surface area contributed by atoms with E-state index < -0.39 is 0 Å². The minimum absolute atomic E-state index is 0.102. The molecule has 4 rings (SSSR count). The number of hydrogen-bond donors (Lipinski definition) is 1. The monoisotopic (exact) mass is 516 g/mol. The Hall–Kier alpha value is -1.66. The number of nitrogens with zero attached hydrogens (tertiary/aromatic N) is 1. The molecule has 172 valence electrons. The van der Waals surface area contributed by atoms with Crippen LogP contribution in [-0.4, -0.2) is 29.8 Å². The maximum Gasteiger partial charge on any atom is 0.257 e. The summed E-state index contributed by atoms with van der Waals surface area (Å²) in [6.07, 6.45) is 7.48. The third kappa shape index (κ3) is 5.12. The summed E-state index contributed by atoms with van der Waals surface area (Å²) >= 11 is 5.04. The normalized spacial score (nSPS) is 19.2. The molecule has 1 aliphatic heterocycles. The third-order valence-corrected chi connectivity index (χ3v) is 8.63. The molecule has 32 heavy (non-hydrogen) atoms. The number of hydrogen-bond acceptors (Lipinski definition) is 3. The molecule has 1 aromatic carbocycles. The van der Waals surface area contributed by atoms with Gasteiger partial charge in [-0.15, -0.1) is 11.3 Å². The lowest BCUT2D eigenvalue weighted by atomic mass is 9.72. The molecule has 2 heterocycles. The topological polar surface area (TPSA) is 49.4 Å². The number of carbonyl (C=O) groups excluding carboxylic acids is 2. The predicted molar refractivity (Wildman–Crippen MR) is 136 cm³/mol. The first-order valence-electron chi connectivity index (χ1n) is 11.7. The van der Waals surface area contributed by atoms with Crippen LogP contribution in [0.4, 0.5) is 5.00 Å². The molecule has 2 aliphatic rings. The SMILES string of the molecule is CC(C)(C)C1CCc2c(sc(NC(=O)c3ccc(Br)cc3)c2C(=O)N2CCCCCC2)C1. The summed E-state index contributed by atoms with van der Waals surface area (Å²) in [6, 6.07) is 7.34. The van der Waals surface area contributed by atoms with Gasteiger partial charge in [-0.3, -0.25) is 9.59 Å². The number of thiophene rings is 1. The average molecular weight is 518 g/mol. The minimum atomic E-state index is -0.159. The number of fused-ring (bicyclic) bond motifs is 1. The Bertz CT molecular complexity index is 982. The molecular formula is C26H33BrN2O2S. The summed E-state index contributed by atoms with van der Waals surface area (Å²) in [7, 11) is 0. The second-order valence-electron chi connectivity index (χ2n) is 10.2. The lowest BCUT2D eigenvalue weighted by molar-refractivity contribution is 0.0761. The van der Waals surface area contributed by atoms with Gasteiger partial charge in [0.2, 0.25) is 0 Å². The van der Waals surface area contributed by atoms with Crippen LogP contribution in [0.3, 0.4) is 0 Å². The van der Waals surface area contributed by atoms with E-state index >= 15 is 0 Å². The highest BCUT2D eigenvalue weighted by Gasteiger charge is 2.35. The molecule has 2 aromatic rings. The van der Waals surface area contributed by atoms with E-state index in [0.29, 0.717) is 11.5 Å². The van der Waals surface area contributed by atoms with Crippen LogP contribution in [0.15, 0.2) is 28.7 Å². The van der Waals surface area contributed by atoms with Gasteiger partial charge in [0, 0.05) is 28.0 Å². The number of nitrogens with one attached hydrogen (secondary N) is 1. The van der Waals surface area contributed by atoms with Crippen molar-refractivity contribution < 1.29 is 9.59 Å². The van der Waals surface area contributed by atoms with Gasteiger partial charge in [0.05, 0.1) is 5.56 Å². The lowest BCUT2D eigenvalue weighted by Gasteiger charge is -2.34. The van der Waals surface area contributed by atoms with Gasteiger partial charge in [-0.2, -0.15) is 0 Å². The number of amides is 2. The summed E-state index contributed by atoms with van der Waals surface area (Å²) in [6.45, 7) is 8.53. The zero-order chi connectivity index (χ0) is 22.9. The molecular weight excluding hydrogens is 484 g/mol. The van der Waals surface area contributed by atoms with E-state index in [1.165, 1.54) is 23.3 Å². The maximum absolute atomic E-state index is 13.7. The van der Waals surface area contributed by atoms with E-state index in [1.807, 2.05) is 17.0 Å². The minimum Gasteiger partial charge on any atom is -0.339 e. The van der Waals surface area contributed by atoms with Gasteiger partial charge < -0.3 is 10.2 Å². The average Bonchev–Trinajstić information content (AvgIpc) is 2.90. The second kappa shape index (κ2) is 9.68. The van der Waals surface area contributed by atoms with Crippen molar-refractivity contribution >= 4 is 44.1 Å². The summed E-state index contributed by atoms with van der Waals surface area (Å²) in [5.74, 6) is 0.530. The zero-order valence-corrected chi connectivity index (χ0v) is 21.7. The van der Waals surface area contributed by atoms with Gasteiger partial charge in [0.25, 0.3) is 11.8 Å². The predicted octanol–water partition coefficient (Wildman–Crippen LogP) is 6.93. The van der Waals surface area contributed by atoms with Crippen LogP contribution in [0.2, 0.25) is 0 Å². The Morgan fingerprint density at radius 2 is 1.72 bits per heavy atom. The van der Waals surface area contributed by atoms with Crippen molar-refractivity contribution in [1.29, 1.82) is 0 Å². The molecule has 1 saturated heterocycles. The summed E-state index contributed by atoms with van der Waals surface area (Å²) in [4.78, 5) is 30.0. The van der Waals surface area contributed by atoms with Crippen molar-refractivity contribution in [3.8, 4) is 0 Å². The first-order valence-corrected chi connectivity index (χ1v) is 13.4. The lowest BCUT2D eigenvalue weighted by Crippen LogP contribution is -2.33. The van der Waals surface area contributed by atoms with E-state index in [1.54, 1.807) is 23.5 Å². The molecule has 4 nitrogen and oxygen atoms in total. The van der Waals surface area contributed by atoms with Crippen LogP contribution >= 0.6 is 27.3 Å². The van der Waals surface area contributed by atoms with E-state index in [2.05, 4.69) is 42.0 Å². The van der Waals surface area contributed by atoms with E-state index in [4.69, 9.17) is 0 Å². The molecule has 1 atom stereocenters. The molecule has 0 radical (unpaired) electrons. The number of benzene rings is 1. The van der Waals surface area contributed by atoms with Gasteiger partial charge in [-0.05, 0) is 73.3 Å². The van der Waals surface area contributed by atoms with Crippen LogP contribution < -0.4 is 5.32 Å². The Labute approximate surface area is 203 Å². The highest BCUT2D eigenvalue weighted by molar-refractivity contribution is 9.10. The van der Waals surface area contributed by atoms with Gasteiger partial charge in [-0.25, -0.2) is 0 Å². The van der Waals surface area contributed by atoms with Crippen molar-refractivity contribution in [2.75, 3.05) is 18.4 Å². The molecule has 0 saturated carbocycles. The molecule has 2 amide bonds. The fourth-order valence-corrected chi connectivity index (χ4v) is 6.43. The van der Waals surface area contributed by atoms with Crippen LogP contribution in [0.5, 0.6) is 0 Å². The molecule has 6 heteroatoms. The Morgan fingerprint density at radius 1 is 1.06 bits per heavy atom. The van der Waals surface area contributed by atoms with Crippen molar-refractivity contribution in [3.63, 3.8) is 0 Å². The quantitative estimate of drug-likeness (QED) is 0.480. The zero-order valence-electron chi connectivity index (χ0n) is 19.3. The summed E-state index contributed by atoms with van der Waals surface area (Å²) in [5.41, 5.74) is 2.76. The molecule has 1 unspecified atom stereocenters. The molecule has 0 spiro atoms. The third-order valence-electron chi connectivity index (χ3n) is 6.93. The number of likely N-dealkylation sites (tertiary alicyclic amines) is 1. The van der Waals surface area contributed by atoms with Crippen molar-refractivity contribution in [2.24, 2.45) is 11.3 Å². The van der Waals surface area contributed by atoms with E-state index in [-0.39, 0.29) is 17.2 Å².